The van der Waals surface area contributed by atoms with Crippen molar-refractivity contribution in [1.82, 2.24) is 0 Å². The number of oxime groups is 2. The molecule has 0 aliphatic heterocycles. The van der Waals surface area contributed by atoms with Gasteiger partial charge in [-0.2, -0.15) is 0 Å². The number of rotatable bonds is 6. The van der Waals surface area contributed by atoms with Gasteiger partial charge in [-0.3, -0.25) is 0 Å². The number of fused-ring (bicyclic) bond motifs is 1. The average molecular weight is 380 g/mol. The van der Waals surface area contributed by atoms with Gasteiger partial charge in [0.2, 0.25) is 0 Å². The summed E-state index contributed by atoms with van der Waals surface area (Å²) in [5.74, 6) is -0.569. The summed E-state index contributed by atoms with van der Waals surface area (Å²) in [4.78, 5) is 22.7. The second-order valence-electron chi connectivity index (χ2n) is 6.69. The number of methoxy groups -OCH3 is 1. The van der Waals surface area contributed by atoms with Crippen molar-refractivity contribution in [2.45, 2.75) is 33.3 Å². The Labute approximate surface area is 164 Å². The molecule has 6 nitrogen and oxygen atoms in total. The Morgan fingerprint density at radius 1 is 1.11 bits per heavy atom. The van der Waals surface area contributed by atoms with Gasteiger partial charge in [-0.15, -0.1) is 0 Å². The van der Waals surface area contributed by atoms with E-state index < -0.39 is 5.97 Å². The first-order valence-electron chi connectivity index (χ1n) is 9.12. The molecular formula is C22H24N2O4. The summed E-state index contributed by atoms with van der Waals surface area (Å²) >= 11 is 0. The maximum atomic E-state index is 12.1. The van der Waals surface area contributed by atoms with Crippen molar-refractivity contribution in [2.75, 3.05) is 14.2 Å². The third-order valence-corrected chi connectivity index (χ3v) is 4.82. The fraction of sp³-hybridized carbons (Fsp3) is 0.318. The van der Waals surface area contributed by atoms with E-state index in [1.165, 1.54) is 25.3 Å². The van der Waals surface area contributed by atoms with Gasteiger partial charge in [0.05, 0.1) is 12.8 Å². The number of aryl methyl sites for hydroxylation is 3. The lowest BCUT2D eigenvalue weighted by molar-refractivity contribution is -0.132. The van der Waals surface area contributed by atoms with Crippen LogP contribution in [0.3, 0.4) is 0 Å². The highest BCUT2D eigenvalue weighted by Gasteiger charge is 2.21. The summed E-state index contributed by atoms with van der Waals surface area (Å²) in [7, 11) is 2.70. The van der Waals surface area contributed by atoms with Crippen LogP contribution in [0.15, 0.2) is 46.7 Å². The van der Waals surface area contributed by atoms with E-state index in [0.717, 1.165) is 35.2 Å². The number of esters is 1. The molecule has 0 radical (unpaired) electrons. The summed E-state index contributed by atoms with van der Waals surface area (Å²) in [6, 6.07) is 12.0. The van der Waals surface area contributed by atoms with E-state index in [1.807, 2.05) is 19.1 Å². The number of ether oxygens (including phenoxy) is 1. The van der Waals surface area contributed by atoms with Crippen molar-refractivity contribution in [2.24, 2.45) is 10.3 Å². The minimum absolute atomic E-state index is 0.0989. The van der Waals surface area contributed by atoms with E-state index >= 15 is 0 Å². The quantitative estimate of drug-likeness (QED) is 0.435. The van der Waals surface area contributed by atoms with Crippen molar-refractivity contribution < 1.29 is 19.2 Å². The second-order valence-corrected chi connectivity index (χ2v) is 6.69. The van der Waals surface area contributed by atoms with E-state index in [-0.39, 0.29) is 12.3 Å². The van der Waals surface area contributed by atoms with Gasteiger partial charge in [0.25, 0.3) is 0 Å². The first kappa shape index (κ1) is 19.6. The summed E-state index contributed by atoms with van der Waals surface area (Å²) < 4.78 is 4.83. The van der Waals surface area contributed by atoms with Crippen LogP contribution in [-0.2, 0) is 32.2 Å². The smallest absolute Gasteiger partial charge is 0.360 e. The van der Waals surface area contributed by atoms with Crippen LogP contribution >= 0.6 is 0 Å². The van der Waals surface area contributed by atoms with Gasteiger partial charge in [0.15, 0.2) is 5.71 Å². The number of carbonyl (C=O) groups excluding carboxylic acids is 1. The number of hydrogen-bond donors (Lipinski definition) is 0. The highest BCUT2D eigenvalue weighted by atomic mass is 16.6. The fourth-order valence-corrected chi connectivity index (χ4v) is 3.33. The van der Waals surface area contributed by atoms with Gasteiger partial charge < -0.3 is 14.4 Å². The SMILES string of the molecule is CO/N=C(/C(=O)OC)c1cccc(C)c1CO/N=C1\CCc2ccc(C)cc21. The predicted octanol–water partition coefficient (Wildman–Crippen LogP) is 3.69. The molecule has 0 fully saturated rings. The molecule has 2 aromatic rings. The van der Waals surface area contributed by atoms with Crippen LogP contribution < -0.4 is 0 Å². The van der Waals surface area contributed by atoms with Gasteiger partial charge in [0, 0.05) is 16.7 Å². The lowest BCUT2D eigenvalue weighted by Crippen LogP contribution is -2.20. The van der Waals surface area contributed by atoms with Crippen LogP contribution in [0.4, 0.5) is 0 Å². The summed E-state index contributed by atoms with van der Waals surface area (Å²) in [6.07, 6.45) is 1.83. The van der Waals surface area contributed by atoms with Crippen LogP contribution in [0.1, 0.15) is 39.8 Å². The lowest BCUT2D eigenvalue weighted by Gasteiger charge is -2.12. The maximum Gasteiger partial charge on any atom is 0.360 e. The van der Waals surface area contributed by atoms with Crippen LogP contribution in [0.2, 0.25) is 0 Å². The zero-order valence-corrected chi connectivity index (χ0v) is 16.6. The maximum absolute atomic E-state index is 12.1. The molecule has 3 rings (SSSR count). The molecule has 0 atom stereocenters. The van der Waals surface area contributed by atoms with Crippen molar-refractivity contribution in [3.8, 4) is 0 Å². The fourth-order valence-electron chi connectivity index (χ4n) is 3.33. The molecule has 1 aliphatic carbocycles. The molecular weight excluding hydrogens is 356 g/mol. The van der Waals surface area contributed by atoms with E-state index in [1.54, 1.807) is 6.07 Å². The normalized spacial score (nSPS) is 14.7. The first-order valence-corrected chi connectivity index (χ1v) is 9.12. The Morgan fingerprint density at radius 3 is 2.68 bits per heavy atom. The predicted molar refractivity (Wildman–Crippen MR) is 108 cm³/mol. The molecule has 0 heterocycles. The van der Waals surface area contributed by atoms with Gasteiger partial charge in [-0.1, -0.05) is 46.2 Å². The lowest BCUT2D eigenvalue weighted by atomic mass is 9.99. The highest BCUT2D eigenvalue weighted by Crippen LogP contribution is 2.24. The average Bonchev–Trinajstić information content (AvgIpc) is 3.09. The third kappa shape index (κ3) is 4.06. The standard InChI is InChI=1S/C22H24N2O4/c1-14-8-9-16-10-11-20(18(16)12-14)23-28-13-19-15(2)6-5-7-17(19)21(24-27-4)22(25)26-3/h5-9,12H,10-11,13H2,1-4H3/b23-20+,24-21+. The molecule has 0 N–H and O–H groups in total. The molecule has 146 valence electrons. The molecule has 0 amide bonds. The van der Waals surface area contributed by atoms with Crippen LogP contribution in [-0.4, -0.2) is 31.6 Å². The van der Waals surface area contributed by atoms with Gasteiger partial charge in [-0.05, 0) is 43.9 Å². The largest absolute Gasteiger partial charge is 0.464 e. The van der Waals surface area contributed by atoms with E-state index in [4.69, 9.17) is 14.4 Å². The molecule has 6 heteroatoms. The molecule has 0 aromatic heterocycles. The molecule has 28 heavy (non-hydrogen) atoms. The molecule has 0 unspecified atom stereocenters. The Kier molecular flexibility index (Phi) is 6.09. The van der Waals surface area contributed by atoms with Crippen molar-refractivity contribution in [3.63, 3.8) is 0 Å². The minimum atomic E-state index is -0.569. The summed E-state index contributed by atoms with van der Waals surface area (Å²) in [5, 5.41) is 8.23. The number of benzene rings is 2. The third-order valence-electron chi connectivity index (χ3n) is 4.82. The molecule has 0 spiro atoms. The van der Waals surface area contributed by atoms with Crippen LogP contribution in [0.5, 0.6) is 0 Å². The van der Waals surface area contributed by atoms with Crippen LogP contribution in [0, 0.1) is 13.8 Å². The molecule has 0 saturated heterocycles. The Hall–Kier alpha value is -3.15. The Balaban J connectivity index is 1.86. The topological polar surface area (TPSA) is 69.5 Å². The minimum Gasteiger partial charge on any atom is -0.464 e. The second kappa shape index (κ2) is 8.69. The van der Waals surface area contributed by atoms with Crippen molar-refractivity contribution in [3.05, 3.63) is 69.8 Å². The number of hydrogen-bond acceptors (Lipinski definition) is 6. The van der Waals surface area contributed by atoms with Gasteiger partial charge in [-0.25, -0.2) is 4.79 Å². The van der Waals surface area contributed by atoms with Crippen LogP contribution in [0.25, 0.3) is 0 Å². The monoisotopic (exact) mass is 380 g/mol. The van der Waals surface area contributed by atoms with Gasteiger partial charge >= 0.3 is 5.97 Å². The zero-order chi connectivity index (χ0) is 20.1. The van der Waals surface area contributed by atoms with Crippen molar-refractivity contribution >= 4 is 17.4 Å². The summed E-state index contributed by atoms with van der Waals surface area (Å²) in [5.41, 5.74) is 7.09. The molecule has 0 bridgehead atoms. The summed E-state index contributed by atoms with van der Waals surface area (Å²) in [6.45, 7) is 4.23. The first-order chi connectivity index (χ1) is 13.5. The van der Waals surface area contributed by atoms with E-state index in [9.17, 15) is 4.79 Å². The molecule has 0 saturated carbocycles. The van der Waals surface area contributed by atoms with E-state index in [0.29, 0.717) is 5.56 Å². The Morgan fingerprint density at radius 2 is 1.93 bits per heavy atom. The molecule has 2 aromatic carbocycles. The van der Waals surface area contributed by atoms with E-state index in [2.05, 4.69) is 35.4 Å². The van der Waals surface area contributed by atoms with Crippen molar-refractivity contribution in [1.29, 1.82) is 0 Å². The van der Waals surface area contributed by atoms with Gasteiger partial charge in [0.1, 0.15) is 13.7 Å². The number of nitrogens with zero attached hydrogens (tertiary/aromatic N) is 2. The highest BCUT2D eigenvalue weighted by molar-refractivity contribution is 6.43. The zero-order valence-electron chi connectivity index (χ0n) is 16.6. The molecule has 1 aliphatic rings. The Bertz CT molecular complexity index is 948. The number of carbonyl (C=O) groups is 1.